The topological polar surface area (TPSA) is 35.2 Å². The Morgan fingerprint density at radius 2 is 2.00 bits per heavy atom. The van der Waals surface area contributed by atoms with Crippen LogP contribution in [-0.2, 0) is 6.42 Å². The summed E-state index contributed by atoms with van der Waals surface area (Å²) >= 11 is 0. The molecule has 0 fully saturated rings. The van der Waals surface area contributed by atoms with Crippen LogP contribution < -0.4 is 10.5 Å². The van der Waals surface area contributed by atoms with E-state index in [1.807, 2.05) is 18.2 Å². The summed E-state index contributed by atoms with van der Waals surface area (Å²) in [5.74, 6) is 0.999. The summed E-state index contributed by atoms with van der Waals surface area (Å²) in [7, 11) is 0. The highest BCUT2D eigenvalue weighted by Crippen LogP contribution is 2.18. The zero-order chi connectivity index (χ0) is 9.52. The first kappa shape index (κ1) is 13.3. The van der Waals surface area contributed by atoms with Gasteiger partial charge < -0.3 is 10.5 Å². The van der Waals surface area contributed by atoms with Gasteiger partial charge in [0.1, 0.15) is 5.75 Å². The molecule has 14 heavy (non-hydrogen) atoms. The summed E-state index contributed by atoms with van der Waals surface area (Å²) in [5, 5.41) is 0. The van der Waals surface area contributed by atoms with Crippen LogP contribution in [0.4, 0.5) is 0 Å². The molecule has 0 aliphatic heterocycles. The predicted octanol–water partition coefficient (Wildman–Crippen LogP) is 2.40. The smallest absolute Gasteiger partial charge is 0.122 e. The second kappa shape index (κ2) is 7.65. The number of hydrogen-bond donors (Lipinski definition) is 1. The van der Waals surface area contributed by atoms with Gasteiger partial charge in [0.2, 0.25) is 0 Å². The maximum Gasteiger partial charge on any atom is 0.122 e. The van der Waals surface area contributed by atoms with Crippen LogP contribution in [0.3, 0.4) is 0 Å². The van der Waals surface area contributed by atoms with Gasteiger partial charge in [-0.25, -0.2) is 0 Å². The lowest BCUT2D eigenvalue weighted by Gasteiger charge is -2.08. The van der Waals surface area contributed by atoms with Crippen LogP contribution in [0.5, 0.6) is 5.75 Å². The lowest BCUT2D eigenvalue weighted by Crippen LogP contribution is -2.06. The van der Waals surface area contributed by atoms with Gasteiger partial charge >= 0.3 is 0 Å². The Balaban J connectivity index is 0.00000169. The van der Waals surface area contributed by atoms with E-state index in [0.29, 0.717) is 13.2 Å². The molecule has 1 aromatic rings. The molecule has 3 heteroatoms. The molecule has 1 aromatic carbocycles. The number of halogens is 1. The van der Waals surface area contributed by atoms with Gasteiger partial charge in [-0.3, -0.25) is 0 Å². The number of para-hydroxylation sites is 1. The van der Waals surface area contributed by atoms with Crippen molar-refractivity contribution >= 4 is 12.4 Å². The van der Waals surface area contributed by atoms with Gasteiger partial charge in [-0.05, 0) is 31.0 Å². The van der Waals surface area contributed by atoms with Gasteiger partial charge in [-0.1, -0.05) is 25.1 Å². The van der Waals surface area contributed by atoms with Crippen molar-refractivity contribution in [3.05, 3.63) is 29.8 Å². The van der Waals surface area contributed by atoms with Crippen LogP contribution in [0, 0.1) is 0 Å². The van der Waals surface area contributed by atoms with E-state index >= 15 is 0 Å². The van der Waals surface area contributed by atoms with Gasteiger partial charge in [0.05, 0.1) is 6.61 Å². The largest absolute Gasteiger partial charge is 0.493 e. The first-order valence-electron chi connectivity index (χ1n) is 4.79. The number of ether oxygens (including phenoxy) is 1. The molecule has 2 nitrogen and oxygen atoms in total. The zero-order valence-electron chi connectivity index (χ0n) is 8.53. The molecule has 0 heterocycles. The van der Waals surface area contributed by atoms with Gasteiger partial charge in [-0.2, -0.15) is 0 Å². The van der Waals surface area contributed by atoms with Crippen molar-refractivity contribution in [2.75, 3.05) is 13.2 Å². The molecule has 0 amide bonds. The maximum absolute atomic E-state index is 5.59. The highest BCUT2D eigenvalue weighted by molar-refractivity contribution is 5.85. The summed E-state index contributed by atoms with van der Waals surface area (Å²) in [5.41, 5.74) is 6.65. The van der Waals surface area contributed by atoms with Crippen molar-refractivity contribution in [1.82, 2.24) is 0 Å². The highest BCUT2D eigenvalue weighted by Gasteiger charge is 1.98. The van der Waals surface area contributed by atoms with Crippen molar-refractivity contribution in [2.24, 2.45) is 5.73 Å². The van der Waals surface area contributed by atoms with Crippen molar-refractivity contribution in [3.63, 3.8) is 0 Å². The fourth-order valence-electron chi connectivity index (χ4n) is 1.20. The lowest BCUT2D eigenvalue weighted by atomic mass is 10.1. The van der Waals surface area contributed by atoms with Gasteiger partial charge in [0, 0.05) is 0 Å². The monoisotopic (exact) mass is 215 g/mol. The predicted molar refractivity (Wildman–Crippen MR) is 62.2 cm³/mol. The summed E-state index contributed by atoms with van der Waals surface area (Å²) in [6.07, 6.45) is 1.93. The number of hydrogen-bond acceptors (Lipinski definition) is 2. The summed E-state index contributed by atoms with van der Waals surface area (Å²) < 4.78 is 5.59. The van der Waals surface area contributed by atoms with E-state index in [1.165, 1.54) is 5.56 Å². The summed E-state index contributed by atoms with van der Waals surface area (Å²) in [4.78, 5) is 0. The molecular formula is C11H18ClNO. The first-order valence-corrected chi connectivity index (χ1v) is 4.79. The molecule has 0 aromatic heterocycles. The van der Waals surface area contributed by atoms with E-state index < -0.39 is 0 Å². The number of aryl methyl sites for hydroxylation is 1. The molecule has 0 spiro atoms. The molecule has 0 aliphatic rings. The number of nitrogens with two attached hydrogens (primary N) is 1. The normalized spacial score (nSPS) is 9.29. The van der Waals surface area contributed by atoms with E-state index in [9.17, 15) is 0 Å². The van der Waals surface area contributed by atoms with E-state index in [2.05, 4.69) is 13.0 Å². The molecule has 0 saturated heterocycles. The standard InChI is InChI=1S/C11H17NO.ClH/c1-2-10-6-3-4-7-11(10)13-9-5-8-12;/h3-4,6-7H,2,5,8-9,12H2,1H3;1H. The zero-order valence-corrected chi connectivity index (χ0v) is 9.35. The molecule has 80 valence electrons. The number of benzene rings is 1. The van der Waals surface area contributed by atoms with E-state index in [-0.39, 0.29) is 12.4 Å². The molecular weight excluding hydrogens is 198 g/mol. The van der Waals surface area contributed by atoms with E-state index in [0.717, 1.165) is 18.6 Å². The second-order valence-electron chi connectivity index (χ2n) is 2.95. The Labute approximate surface area is 91.9 Å². The molecule has 0 saturated carbocycles. The molecule has 2 N–H and O–H groups in total. The Hall–Kier alpha value is -0.730. The minimum Gasteiger partial charge on any atom is -0.493 e. The minimum absolute atomic E-state index is 0. The molecule has 0 unspecified atom stereocenters. The molecule has 0 atom stereocenters. The Morgan fingerprint density at radius 3 is 2.64 bits per heavy atom. The first-order chi connectivity index (χ1) is 6.38. The van der Waals surface area contributed by atoms with Crippen molar-refractivity contribution in [1.29, 1.82) is 0 Å². The Kier molecular flexibility index (Phi) is 7.25. The van der Waals surface area contributed by atoms with Crippen LogP contribution in [0.1, 0.15) is 18.9 Å². The minimum atomic E-state index is 0. The Morgan fingerprint density at radius 1 is 1.29 bits per heavy atom. The van der Waals surface area contributed by atoms with E-state index in [1.54, 1.807) is 0 Å². The SMILES string of the molecule is CCc1ccccc1OCCCN.Cl. The van der Waals surface area contributed by atoms with Crippen LogP contribution in [0.2, 0.25) is 0 Å². The third-order valence-electron chi connectivity index (χ3n) is 1.96. The highest BCUT2D eigenvalue weighted by atomic mass is 35.5. The van der Waals surface area contributed by atoms with Crippen molar-refractivity contribution < 1.29 is 4.74 Å². The average Bonchev–Trinajstić information content (AvgIpc) is 2.19. The molecule has 0 radical (unpaired) electrons. The van der Waals surface area contributed by atoms with Crippen LogP contribution in [-0.4, -0.2) is 13.2 Å². The quantitative estimate of drug-likeness (QED) is 0.766. The van der Waals surface area contributed by atoms with Crippen molar-refractivity contribution in [2.45, 2.75) is 19.8 Å². The van der Waals surface area contributed by atoms with Crippen LogP contribution in [0.15, 0.2) is 24.3 Å². The Bertz CT molecular complexity index is 253. The molecule has 0 aliphatic carbocycles. The summed E-state index contributed by atoms with van der Waals surface area (Å²) in [6, 6.07) is 8.14. The maximum atomic E-state index is 5.59. The van der Waals surface area contributed by atoms with Crippen LogP contribution >= 0.6 is 12.4 Å². The third-order valence-corrected chi connectivity index (χ3v) is 1.96. The van der Waals surface area contributed by atoms with Crippen molar-refractivity contribution in [3.8, 4) is 5.75 Å². The van der Waals surface area contributed by atoms with Crippen LogP contribution in [0.25, 0.3) is 0 Å². The third kappa shape index (κ3) is 3.99. The van der Waals surface area contributed by atoms with Gasteiger partial charge in [0.15, 0.2) is 0 Å². The molecule has 1 rings (SSSR count). The van der Waals surface area contributed by atoms with Gasteiger partial charge in [0.25, 0.3) is 0 Å². The van der Waals surface area contributed by atoms with Gasteiger partial charge in [-0.15, -0.1) is 12.4 Å². The lowest BCUT2D eigenvalue weighted by molar-refractivity contribution is 0.310. The van der Waals surface area contributed by atoms with E-state index in [4.69, 9.17) is 10.5 Å². The fraction of sp³-hybridized carbons (Fsp3) is 0.455. The summed E-state index contributed by atoms with van der Waals surface area (Å²) in [6.45, 7) is 3.53. The molecule has 0 bridgehead atoms. The fourth-order valence-corrected chi connectivity index (χ4v) is 1.20. The average molecular weight is 216 g/mol. The second-order valence-corrected chi connectivity index (χ2v) is 2.95. The number of rotatable bonds is 5.